The smallest absolute Gasteiger partial charge is 0.228 e. The molecular formula is C22H14O2. The molecule has 0 saturated heterocycles. The highest BCUT2D eigenvalue weighted by Gasteiger charge is 2.25. The molecule has 0 aliphatic heterocycles. The van der Waals surface area contributed by atoms with E-state index in [0.29, 0.717) is 18.4 Å². The van der Waals surface area contributed by atoms with Gasteiger partial charge in [-0.3, -0.25) is 9.59 Å². The summed E-state index contributed by atoms with van der Waals surface area (Å²) < 4.78 is 0. The van der Waals surface area contributed by atoms with E-state index in [2.05, 4.69) is 42.5 Å². The van der Waals surface area contributed by atoms with E-state index in [1.807, 2.05) is 18.2 Å². The van der Waals surface area contributed by atoms with Crippen LogP contribution in [-0.2, 0) is 11.2 Å². The van der Waals surface area contributed by atoms with Crippen LogP contribution in [0.25, 0.3) is 32.3 Å². The summed E-state index contributed by atoms with van der Waals surface area (Å²) in [6.07, 6.45) is 0.987. The standard InChI is InChI=1S/C22H14O2/c23-21-6-5-15-9-18-10-16-7-13-3-1-2-4-14(13)8-17(16)11-19(18)12-20(15)22(21)24/h1-4,7-12H,5-6H2. The molecule has 1 aliphatic carbocycles. The molecule has 0 spiro atoms. The van der Waals surface area contributed by atoms with Crippen LogP contribution in [0.2, 0.25) is 0 Å². The molecule has 0 amide bonds. The summed E-state index contributed by atoms with van der Waals surface area (Å²) in [5.41, 5.74) is 1.58. The number of hydrogen-bond donors (Lipinski definition) is 0. The van der Waals surface area contributed by atoms with Crippen molar-refractivity contribution < 1.29 is 9.59 Å². The van der Waals surface area contributed by atoms with E-state index in [4.69, 9.17) is 0 Å². The fraction of sp³-hybridized carbons (Fsp3) is 0.0909. The molecule has 0 atom stereocenters. The first kappa shape index (κ1) is 13.4. The molecule has 0 fully saturated rings. The minimum Gasteiger partial charge on any atom is -0.290 e. The summed E-state index contributed by atoms with van der Waals surface area (Å²) in [4.78, 5) is 23.9. The Morgan fingerprint density at radius 2 is 1.12 bits per heavy atom. The van der Waals surface area contributed by atoms with E-state index < -0.39 is 0 Å². The summed E-state index contributed by atoms with van der Waals surface area (Å²) >= 11 is 0. The topological polar surface area (TPSA) is 34.1 Å². The van der Waals surface area contributed by atoms with E-state index in [1.165, 1.54) is 16.2 Å². The van der Waals surface area contributed by atoms with Crippen molar-refractivity contribution in [3.8, 4) is 0 Å². The van der Waals surface area contributed by atoms with Gasteiger partial charge in [-0.2, -0.15) is 0 Å². The van der Waals surface area contributed by atoms with Gasteiger partial charge in [-0.1, -0.05) is 30.3 Å². The van der Waals surface area contributed by atoms with Crippen molar-refractivity contribution in [1.82, 2.24) is 0 Å². The number of fused-ring (bicyclic) bond motifs is 4. The van der Waals surface area contributed by atoms with Crippen LogP contribution in [0.4, 0.5) is 0 Å². The van der Waals surface area contributed by atoms with Gasteiger partial charge in [0.15, 0.2) is 0 Å². The van der Waals surface area contributed by atoms with Crippen LogP contribution >= 0.6 is 0 Å². The van der Waals surface area contributed by atoms with E-state index in [1.54, 1.807) is 0 Å². The second-order valence-corrected chi connectivity index (χ2v) is 6.51. The van der Waals surface area contributed by atoms with Gasteiger partial charge in [0.05, 0.1) is 0 Å². The molecule has 0 radical (unpaired) electrons. The van der Waals surface area contributed by atoms with Crippen molar-refractivity contribution in [3.05, 3.63) is 71.8 Å². The SMILES string of the molecule is O=C1CCc2cc3cc4cc5ccccc5cc4cc3cc2C1=O. The average Bonchev–Trinajstić information content (AvgIpc) is 2.60. The van der Waals surface area contributed by atoms with Crippen LogP contribution in [-0.4, -0.2) is 11.6 Å². The normalized spacial score (nSPS) is 14.5. The van der Waals surface area contributed by atoms with E-state index in [-0.39, 0.29) is 11.6 Å². The molecule has 0 saturated carbocycles. The third-order valence-corrected chi connectivity index (χ3v) is 5.00. The van der Waals surface area contributed by atoms with Crippen molar-refractivity contribution in [2.45, 2.75) is 12.8 Å². The highest BCUT2D eigenvalue weighted by molar-refractivity contribution is 6.45. The Morgan fingerprint density at radius 1 is 0.583 bits per heavy atom. The van der Waals surface area contributed by atoms with Gasteiger partial charge >= 0.3 is 0 Å². The molecule has 114 valence electrons. The zero-order valence-electron chi connectivity index (χ0n) is 13.0. The highest BCUT2D eigenvalue weighted by atomic mass is 16.2. The third kappa shape index (κ3) is 1.89. The predicted octanol–water partition coefficient (Wildman–Crippen LogP) is 4.84. The molecule has 5 rings (SSSR count). The number of benzene rings is 4. The zero-order valence-corrected chi connectivity index (χ0v) is 13.0. The summed E-state index contributed by atoms with van der Waals surface area (Å²) in [6.45, 7) is 0. The van der Waals surface area contributed by atoms with Gasteiger partial charge in [0, 0.05) is 12.0 Å². The van der Waals surface area contributed by atoms with Crippen LogP contribution in [0.15, 0.2) is 60.7 Å². The minimum atomic E-state index is -0.336. The van der Waals surface area contributed by atoms with E-state index >= 15 is 0 Å². The molecule has 2 nitrogen and oxygen atoms in total. The van der Waals surface area contributed by atoms with Crippen LogP contribution in [0.1, 0.15) is 22.3 Å². The summed E-state index contributed by atoms with van der Waals surface area (Å²) in [5.74, 6) is -0.606. The van der Waals surface area contributed by atoms with Crippen molar-refractivity contribution in [2.75, 3.05) is 0 Å². The van der Waals surface area contributed by atoms with E-state index in [9.17, 15) is 9.59 Å². The third-order valence-electron chi connectivity index (χ3n) is 5.00. The Morgan fingerprint density at radius 3 is 1.79 bits per heavy atom. The average molecular weight is 310 g/mol. The molecular weight excluding hydrogens is 296 g/mol. The largest absolute Gasteiger partial charge is 0.290 e. The maximum absolute atomic E-state index is 12.1. The molecule has 2 heteroatoms. The number of Topliss-reactive ketones (excluding diaryl/α,β-unsaturated/α-hetero) is 2. The number of aryl methyl sites for hydroxylation is 1. The molecule has 1 aliphatic rings. The Bertz CT molecular complexity index is 1180. The fourth-order valence-electron chi connectivity index (χ4n) is 3.72. The lowest BCUT2D eigenvalue weighted by Crippen LogP contribution is -2.21. The maximum Gasteiger partial charge on any atom is 0.228 e. The predicted molar refractivity (Wildman–Crippen MR) is 96.6 cm³/mol. The molecule has 4 aromatic carbocycles. The number of rotatable bonds is 0. The lowest BCUT2D eigenvalue weighted by atomic mass is 9.87. The first-order chi connectivity index (χ1) is 11.7. The number of carbonyl (C=O) groups excluding carboxylic acids is 2. The Hall–Kier alpha value is -3.00. The number of ketones is 2. The molecule has 0 unspecified atom stereocenters. The Balaban J connectivity index is 1.83. The number of carbonyl (C=O) groups is 2. The Labute approximate surface area is 138 Å². The van der Waals surface area contributed by atoms with Gasteiger partial charge in [0.2, 0.25) is 11.6 Å². The summed E-state index contributed by atoms with van der Waals surface area (Å²) in [7, 11) is 0. The zero-order chi connectivity index (χ0) is 16.3. The first-order valence-corrected chi connectivity index (χ1v) is 8.16. The van der Waals surface area contributed by atoms with Crippen molar-refractivity contribution in [2.24, 2.45) is 0 Å². The van der Waals surface area contributed by atoms with Gasteiger partial charge < -0.3 is 0 Å². The maximum atomic E-state index is 12.1. The van der Waals surface area contributed by atoms with Gasteiger partial charge in [-0.15, -0.1) is 0 Å². The quantitative estimate of drug-likeness (QED) is 0.344. The second kappa shape index (κ2) is 4.75. The monoisotopic (exact) mass is 310 g/mol. The molecule has 4 aromatic rings. The van der Waals surface area contributed by atoms with Crippen LogP contribution in [0.5, 0.6) is 0 Å². The van der Waals surface area contributed by atoms with Crippen LogP contribution < -0.4 is 0 Å². The van der Waals surface area contributed by atoms with Gasteiger partial charge in [-0.25, -0.2) is 0 Å². The molecule has 0 heterocycles. The van der Waals surface area contributed by atoms with Crippen molar-refractivity contribution >= 4 is 43.9 Å². The van der Waals surface area contributed by atoms with Gasteiger partial charge in [0.1, 0.15) is 0 Å². The van der Waals surface area contributed by atoms with Gasteiger partial charge in [-0.05, 0) is 74.6 Å². The molecule has 0 bridgehead atoms. The van der Waals surface area contributed by atoms with Crippen LogP contribution in [0, 0.1) is 0 Å². The first-order valence-electron chi connectivity index (χ1n) is 8.16. The minimum absolute atomic E-state index is 0.270. The van der Waals surface area contributed by atoms with Crippen molar-refractivity contribution in [3.63, 3.8) is 0 Å². The fourth-order valence-corrected chi connectivity index (χ4v) is 3.72. The summed E-state index contributed by atoms with van der Waals surface area (Å²) in [6, 6.07) is 21.0. The Kier molecular flexibility index (Phi) is 2.66. The second-order valence-electron chi connectivity index (χ2n) is 6.51. The molecule has 24 heavy (non-hydrogen) atoms. The van der Waals surface area contributed by atoms with Gasteiger partial charge in [0.25, 0.3) is 0 Å². The van der Waals surface area contributed by atoms with Crippen LogP contribution in [0.3, 0.4) is 0 Å². The summed E-state index contributed by atoms with van der Waals surface area (Å²) in [5, 5.41) is 6.91. The lowest BCUT2D eigenvalue weighted by molar-refractivity contribution is -0.115. The van der Waals surface area contributed by atoms with E-state index in [0.717, 1.165) is 21.7 Å². The molecule has 0 N–H and O–H groups in total. The highest BCUT2D eigenvalue weighted by Crippen LogP contribution is 2.31. The number of hydrogen-bond acceptors (Lipinski definition) is 2. The lowest BCUT2D eigenvalue weighted by Gasteiger charge is -2.15. The van der Waals surface area contributed by atoms with Crippen molar-refractivity contribution in [1.29, 1.82) is 0 Å². The molecule has 0 aromatic heterocycles.